The number of hydrogen-bond donors (Lipinski definition) is 0. The second kappa shape index (κ2) is 3.80. The van der Waals surface area contributed by atoms with Crippen LogP contribution in [0.4, 0.5) is 0 Å². The van der Waals surface area contributed by atoms with Crippen LogP contribution in [0.25, 0.3) is 10.9 Å². The summed E-state index contributed by atoms with van der Waals surface area (Å²) in [7, 11) is 0. The fourth-order valence-electron chi connectivity index (χ4n) is 1.29. The molecule has 0 atom stereocenters. The van der Waals surface area contributed by atoms with Gasteiger partial charge in [0, 0.05) is 14.3 Å². The summed E-state index contributed by atoms with van der Waals surface area (Å²) >= 11 is 13.0. The molecule has 1 nitrogen and oxygen atoms in total. The van der Waals surface area contributed by atoms with Gasteiger partial charge in [-0.1, -0.05) is 33.6 Å². The Morgan fingerprint density at radius 3 is 2.71 bits per heavy atom. The van der Waals surface area contributed by atoms with E-state index in [2.05, 4.69) is 36.8 Å². The summed E-state index contributed by atoms with van der Waals surface area (Å²) in [5.74, 6) is 0. The van der Waals surface area contributed by atoms with E-state index in [1.54, 1.807) is 0 Å². The molecule has 0 unspecified atom stereocenters. The minimum atomic E-state index is 0.680. The summed E-state index contributed by atoms with van der Waals surface area (Å²) in [6.07, 6.45) is 0. The Kier molecular flexibility index (Phi) is 2.82. The largest absolute Gasteiger partial charge is 0.251 e. The second-order valence-electron chi connectivity index (χ2n) is 2.99. The van der Waals surface area contributed by atoms with Gasteiger partial charge in [-0.25, -0.2) is 0 Å². The minimum absolute atomic E-state index is 0.680. The molecule has 1 heterocycles. The van der Waals surface area contributed by atoms with Gasteiger partial charge in [0.25, 0.3) is 0 Å². The maximum Gasteiger partial charge on any atom is 0.0767 e. The molecule has 4 heteroatoms. The molecule has 0 saturated carbocycles. The number of rotatable bonds is 0. The van der Waals surface area contributed by atoms with Crippen molar-refractivity contribution in [2.45, 2.75) is 6.92 Å². The van der Waals surface area contributed by atoms with Crippen molar-refractivity contribution in [2.24, 2.45) is 0 Å². The van der Waals surface area contributed by atoms with Gasteiger partial charge in [0.1, 0.15) is 0 Å². The molecule has 1 aromatic carbocycles. The lowest BCUT2D eigenvalue weighted by atomic mass is 10.2. The number of nitrogens with zero attached hydrogens (tertiary/aromatic N) is 1. The van der Waals surface area contributed by atoms with Crippen molar-refractivity contribution in [3.63, 3.8) is 0 Å². The molecule has 0 aliphatic heterocycles. The first-order valence-electron chi connectivity index (χ1n) is 4.00. The number of halogens is 3. The number of benzene rings is 1. The summed E-state index contributed by atoms with van der Waals surface area (Å²) < 4.78 is 1.93. The second-order valence-corrected chi connectivity index (χ2v) is 5.07. The Morgan fingerprint density at radius 2 is 2.00 bits per heavy atom. The van der Waals surface area contributed by atoms with Crippen LogP contribution in [-0.4, -0.2) is 4.98 Å². The van der Waals surface area contributed by atoms with Crippen molar-refractivity contribution in [1.29, 1.82) is 0 Å². The molecular formula is C10H6Br2ClN. The molecule has 14 heavy (non-hydrogen) atoms. The SMILES string of the molecule is Cc1nc2cc(Br)ccc2c(Br)c1Cl. The Labute approximate surface area is 104 Å². The molecule has 2 rings (SSSR count). The smallest absolute Gasteiger partial charge is 0.0767 e. The molecule has 0 bridgehead atoms. The zero-order chi connectivity index (χ0) is 10.3. The standard InChI is InChI=1S/C10H6Br2ClN/c1-5-10(13)9(12)7-3-2-6(11)4-8(7)14-5/h2-4H,1H3. The van der Waals surface area contributed by atoms with Crippen LogP contribution in [0.15, 0.2) is 27.1 Å². The van der Waals surface area contributed by atoms with Gasteiger partial charge in [0.2, 0.25) is 0 Å². The summed E-state index contributed by atoms with van der Waals surface area (Å²) in [5, 5.41) is 1.71. The number of aromatic nitrogens is 1. The number of pyridine rings is 1. The summed E-state index contributed by atoms with van der Waals surface area (Å²) in [6, 6.07) is 5.94. The molecule has 0 N–H and O–H groups in total. The molecule has 0 radical (unpaired) electrons. The van der Waals surface area contributed by atoms with Crippen LogP contribution in [0, 0.1) is 6.92 Å². The predicted molar refractivity (Wildman–Crippen MR) is 66.9 cm³/mol. The highest BCUT2D eigenvalue weighted by molar-refractivity contribution is 9.11. The lowest BCUT2D eigenvalue weighted by molar-refractivity contribution is 1.25. The highest BCUT2D eigenvalue weighted by atomic mass is 79.9. The van der Waals surface area contributed by atoms with Crippen molar-refractivity contribution < 1.29 is 0 Å². The van der Waals surface area contributed by atoms with E-state index < -0.39 is 0 Å². The van der Waals surface area contributed by atoms with Gasteiger partial charge in [-0.05, 0) is 35.0 Å². The van der Waals surface area contributed by atoms with Gasteiger partial charge in [-0.2, -0.15) is 0 Å². The van der Waals surface area contributed by atoms with E-state index in [-0.39, 0.29) is 0 Å². The number of aryl methyl sites for hydroxylation is 1. The third-order valence-electron chi connectivity index (χ3n) is 1.99. The van der Waals surface area contributed by atoms with Crippen LogP contribution in [0.3, 0.4) is 0 Å². The molecule has 0 amide bonds. The van der Waals surface area contributed by atoms with E-state index in [9.17, 15) is 0 Å². The molecule has 0 aliphatic rings. The lowest BCUT2D eigenvalue weighted by Crippen LogP contribution is -1.87. The van der Waals surface area contributed by atoms with Crippen LogP contribution < -0.4 is 0 Å². The van der Waals surface area contributed by atoms with Gasteiger partial charge in [-0.15, -0.1) is 0 Å². The molecule has 1 aromatic heterocycles. The third kappa shape index (κ3) is 1.69. The molecule has 0 aliphatic carbocycles. The Morgan fingerprint density at radius 1 is 1.29 bits per heavy atom. The average molecular weight is 335 g/mol. The Bertz CT molecular complexity index is 511. The van der Waals surface area contributed by atoms with E-state index in [4.69, 9.17) is 11.6 Å². The van der Waals surface area contributed by atoms with Crippen LogP contribution in [0.2, 0.25) is 5.02 Å². The maximum absolute atomic E-state index is 6.08. The van der Waals surface area contributed by atoms with E-state index in [1.165, 1.54) is 0 Å². The predicted octanol–water partition coefficient (Wildman–Crippen LogP) is 4.72. The van der Waals surface area contributed by atoms with E-state index in [0.717, 1.165) is 25.5 Å². The molecule has 2 aromatic rings. The van der Waals surface area contributed by atoms with Crippen LogP contribution in [-0.2, 0) is 0 Å². The van der Waals surface area contributed by atoms with Crippen molar-refractivity contribution in [2.75, 3.05) is 0 Å². The Balaban J connectivity index is 2.91. The van der Waals surface area contributed by atoms with E-state index >= 15 is 0 Å². The summed E-state index contributed by atoms with van der Waals surface area (Å²) in [5.41, 5.74) is 1.78. The third-order valence-corrected chi connectivity index (χ3v) is 4.00. The van der Waals surface area contributed by atoms with Gasteiger partial charge < -0.3 is 0 Å². The first-order chi connectivity index (χ1) is 6.59. The highest BCUT2D eigenvalue weighted by Crippen LogP contribution is 2.33. The van der Waals surface area contributed by atoms with Gasteiger partial charge >= 0.3 is 0 Å². The van der Waals surface area contributed by atoms with Gasteiger partial charge in [0.05, 0.1) is 16.2 Å². The topological polar surface area (TPSA) is 12.9 Å². The highest BCUT2D eigenvalue weighted by Gasteiger charge is 2.08. The van der Waals surface area contributed by atoms with E-state index in [1.807, 2.05) is 25.1 Å². The lowest BCUT2D eigenvalue weighted by Gasteiger charge is -2.05. The Hall–Kier alpha value is -0.120. The van der Waals surface area contributed by atoms with Crippen molar-refractivity contribution in [3.05, 3.63) is 37.9 Å². The fourth-order valence-corrected chi connectivity index (χ4v) is 2.40. The molecular weight excluding hydrogens is 329 g/mol. The van der Waals surface area contributed by atoms with Gasteiger partial charge in [0.15, 0.2) is 0 Å². The van der Waals surface area contributed by atoms with E-state index in [0.29, 0.717) is 5.02 Å². The van der Waals surface area contributed by atoms with Crippen LogP contribution >= 0.6 is 43.5 Å². The first kappa shape index (κ1) is 10.4. The normalized spacial score (nSPS) is 10.9. The van der Waals surface area contributed by atoms with Crippen LogP contribution in [0.1, 0.15) is 5.69 Å². The average Bonchev–Trinajstić information content (AvgIpc) is 2.14. The molecule has 0 saturated heterocycles. The zero-order valence-corrected chi connectivity index (χ0v) is 11.2. The fraction of sp³-hybridized carbons (Fsp3) is 0.100. The zero-order valence-electron chi connectivity index (χ0n) is 7.31. The first-order valence-corrected chi connectivity index (χ1v) is 5.97. The molecule has 0 fully saturated rings. The summed E-state index contributed by atoms with van der Waals surface area (Å²) in [6.45, 7) is 1.90. The number of fused-ring (bicyclic) bond motifs is 1. The van der Waals surface area contributed by atoms with Crippen molar-refractivity contribution in [1.82, 2.24) is 4.98 Å². The van der Waals surface area contributed by atoms with Gasteiger partial charge in [-0.3, -0.25) is 4.98 Å². The molecule has 72 valence electrons. The number of hydrogen-bond acceptors (Lipinski definition) is 1. The van der Waals surface area contributed by atoms with Crippen molar-refractivity contribution in [3.8, 4) is 0 Å². The van der Waals surface area contributed by atoms with Crippen molar-refractivity contribution >= 4 is 54.4 Å². The monoisotopic (exact) mass is 333 g/mol. The maximum atomic E-state index is 6.08. The van der Waals surface area contributed by atoms with Crippen LogP contribution in [0.5, 0.6) is 0 Å². The summed E-state index contributed by atoms with van der Waals surface area (Å²) in [4.78, 5) is 4.40. The minimum Gasteiger partial charge on any atom is -0.251 e. The quantitative estimate of drug-likeness (QED) is 0.679. The molecule has 0 spiro atoms.